The molecule has 1 fully saturated rings. The minimum Gasteiger partial charge on any atom is -0.478 e. The Morgan fingerprint density at radius 1 is 1.38 bits per heavy atom. The number of nitrogens with zero attached hydrogens (tertiary/aromatic N) is 4. The number of thioether (sulfide) groups is 1. The van der Waals surface area contributed by atoms with Crippen LogP contribution >= 0.6 is 23.3 Å². The standard InChI is InChI=1S/C19H22N6O7S2/c1-4-5-6-8-7-33-15-10(14(27)25(15)11(8)16(28)29)21-13(26)9(12-22-18(20)34-24-12)23-32-19(2,3)17(30)31/h5-6,10,15H,4,7H2,1-3H3,(H,21,26)(H,28,29)(H,30,31)(H2,20,22,24)/b6-5+,23-9-/t10-,15-/m1/s1. The Labute approximate surface area is 201 Å². The summed E-state index contributed by atoms with van der Waals surface area (Å²) in [5.41, 5.74) is 3.71. The van der Waals surface area contributed by atoms with Crippen LogP contribution < -0.4 is 11.1 Å². The van der Waals surface area contributed by atoms with E-state index < -0.39 is 46.5 Å². The Balaban J connectivity index is 1.84. The summed E-state index contributed by atoms with van der Waals surface area (Å²) in [6, 6.07) is -1.04. The summed E-state index contributed by atoms with van der Waals surface area (Å²) in [6.07, 6.45) is 4.18. The Bertz CT molecular complexity index is 1130. The minimum absolute atomic E-state index is 0.0330. The molecule has 2 atom stereocenters. The molecule has 2 aliphatic heterocycles. The summed E-state index contributed by atoms with van der Waals surface area (Å²) in [4.78, 5) is 59.0. The second-order valence-electron chi connectivity index (χ2n) is 7.65. The van der Waals surface area contributed by atoms with Gasteiger partial charge in [-0.2, -0.15) is 9.36 Å². The first-order valence-corrected chi connectivity index (χ1v) is 11.8. The van der Waals surface area contributed by atoms with Gasteiger partial charge in [-0.25, -0.2) is 9.59 Å². The number of carboxylic acids is 2. The number of anilines is 1. The zero-order valence-electron chi connectivity index (χ0n) is 18.3. The van der Waals surface area contributed by atoms with Crippen molar-refractivity contribution in [3.05, 3.63) is 29.2 Å². The number of carboxylic acid groups (broad SMARTS) is 2. The highest BCUT2D eigenvalue weighted by molar-refractivity contribution is 8.00. The van der Waals surface area contributed by atoms with Crippen molar-refractivity contribution in [1.82, 2.24) is 19.6 Å². The normalized spacial score (nSPS) is 20.7. The Morgan fingerprint density at radius 2 is 2.09 bits per heavy atom. The van der Waals surface area contributed by atoms with E-state index in [1.165, 1.54) is 25.6 Å². The number of nitrogen functional groups attached to an aromatic ring is 1. The van der Waals surface area contributed by atoms with E-state index in [4.69, 9.17) is 10.6 Å². The Hall–Kier alpha value is -3.46. The molecule has 13 nitrogen and oxygen atoms in total. The second kappa shape index (κ2) is 9.80. The SMILES string of the molecule is CC/C=C/C1=C(C(=O)O)N2C(=O)[C@@H](NC(=O)/C(=N\OC(C)(C)C(=O)O)c3nsc(N)n3)[C@H]2SC1. The molecule has 0 saturated carbocycles. The summed E-state index contributed by atoms with van der Waals surface area (Å²) in [7, 11) is 0. The van der Waals surface area contributed by atoms with Crippen LogP contribution in [0.15, 0.2) is 28.6 Å². The fourth-order valence-corrected chi connectivity index (χ4v) is 4.71. The number of β-lactam (4-membered cyclic amide) rings is 1. The molecule has 182 valence electrons. The maximum Gasteiger partial charge on any atom is 0.352 e. The number of carbonyl (C=O) groups is 4. The summed E-state index contributed by atoms with van der Waals surface area (Å²) in [5.74, 6) is -3.96. The lowest BCUT2D eigenvalue weighted by Gasteiger charge is -2.49. The maximum absolute atomic E-state index is 13.0. The van der Waals surface area contributed by atoms with Gasteiger partial charge in [-0.05, 0) is 25.8 Å². The van der Waals surface area contributed by atoms with Crippen molar-refractivity contribution in [2.24, 2.45) is 5.16 Å². The number of oxime groups is 1. The van der Waals surface area contributed by atoms with Gasteiger partial charge in [0.05, 0.1) is 0 Å². The number of hydrogen-bond acceptors (Lipinski definition) is 11. The fraction of sp³-hybridized carbons (Fsp3) is 0.421. The first-order chi connectivity index (χ1) is 16.0. The molecule has 0 radical (unpaired) electrons. The predicted octanol–water partition coefficient (Wildman–Crippen LogP) is 0.409. The summed E-state index contributed by atoms with van der Waals surface area (Å²) in [5, 5.41) is 24.4. The van der Waals surface area contributed by atoms with Crippen molar-refractivity contribution in [2.45, 2.75) is 44.2 Å². The number of carbonyl (C=O) groups excluding carboxylic acids is 2. The number of fused-ring (bicyclic) bond motifs is 1. The number of allylic oxidation sites excluding steroid dienone is 2. The molecule has 0 aliphatic carbocycles. The number of nitrogens with one attached hydrogen (secondary N) is 1. The van der Waals surface area contributed by atoms with E-state index in [1.54, 1.807) is 12.2 Å². The van der Waals surface area contributed by atoms with Crippen LogP contribution in [0.25, 0.3) is 0 Å². The van der Waals surface area contributed by atoms with Crippen LogP contribution in [0.2, 0.25) is 0 Å². The summed E-state index contributed by atoms with van der Waals surface area (Å²) in [6.45, 7) is 4.36. The lowest BCUT2D eigenvalue weighted by Crippen LogP contribution is -2.71. The van der Waals surface area contributed by atoms with Crippen LogP contribution in [-0.4, -0.2) is 76.7 Å². The number of aromatic nitrogens is 2. The van der Waals surface area contributed by atoms with Crippen molar-refractivity contribution in [1.29, 1.82) is 0 Å². The highest BCUT2D eigenvalue weighted by Gasteiger charge is 2.54. The van der Waals surface area contributed by atoms with Crippen LogP contribution in [-0.2, 0) is 24.0 Å². The fourth-order valence-electron chi connectivity index (χ4n) is 2.95. The van der Waals surface area contributed by atoms with Gasteiger partial charge in [0.2, 0.25) is 17.1 Å². The van der Waals surface area contributed by atoms with E-state index in [0.29, 0.717) is 17.7 Å². The van der Waals surface area contributed by atoms with Gasteiger partial charge in [-0.15, -0.1) is 11.8 Å². The predicted molar refractivity (Wildman–Crippen MR) is 123 cm³/mol. The average molecular weight is 511 g/mol. The minimum atomic E-state index is -1.76. The van der Waals surface area contributed by atoms with Crippen LogP contribution in [0.3, 0.4) is 0 Å². The molecule has 5 N–H and O–H groups in total. The van der Waals surface area contributed by atoms with E-state index in [0.717, 1.165) is 16.4 Å². The van der Waals surface area contributed by atoms with Crippen molar-refractivity contribution < 1.29 is 34.2 Å². The largest absolute Gasteiger partial charge is 0.478 e. The monoisotopic (exact) mass is 510 g/mol. The molecule has 1 aromatic rings. The highest BCUT2D eigenvalue weighted by Crippen LogP contribution is 2.40. The quantitative estimate of drug-likeness (QED) is 0.204. The van der Waals surface area contributed by atoms with Gasteiger partial charge in [-0.3, -0.25) is 14.5 Å². The molecular weight excluding hydrogens is 488 g/mol. The lowest BCUT2D eigenvalue weighted by atomic mass is 10.0. The number of aliphatic carboxylic acids is 2. The van der Waals surface area contributed by atoms with Gasteiger partial charge in [-0.1, -0.05) is 24.2 Å². The third-order valence-electron chi connectivity index (χ3n) is 4.79. The first-order valence-electron chi connectivity index (χ1n) is 9.95. The number of amides is 2. The zero-order valence-corrected chi connectivity index (χ0v) is 20.0. The molecule has 15 heteroatoms. The van der Waals surface area contributed by atoms with E-state index in [1.807, 2.05) is 6.92 Å². The van der Waals surface area contributed by atoms with Gasteiger partial charge < -0.3 is 26.1 Å². The topological polar surface area (TPSA) is 197 Å². The van der Waals surface area contributed by atoms with Crippen molar-refractivity contribution in [3.8, 4) is 0 Å². The number of hydrogen-bond donors (Lipinski definition) is 4. The van der Waals surface area contributed by atoms with Gasteiger partial charge in [0.15, 0.2) is 5.13 Å². The van der Waals surface area contributed by atoms with Gasteiger partial charge in [0, 0.05) is 17.3 Å². The molecule has 0 bridgehead atoms. The molecular formula is C19H22N6O7S2. The molecule has 3 rings (SSSR count). The van der Waals surface area contributed by atoms with E-state index in [-0.39, 0.29) is 16.7 Å². The van der Waals surface area contributed by atoms with E-state index >= 15 is 0 Å². The summed E-state index contributed by atoms with van der Waals surface area (Å²) >= 11 is 2.08. The molecule has 1 aromatic heterocycles. The van der Waals surface area contributed by atoms with Crippen molar-refractivity contribution in [3.63, 3.8) is 0 Å². The molecule has 2 amide bonds. The molecule has 3 heterocycles. The molecule has 34 heavy (non-hydrogen) atoms. The molecule has 0 spiro atoms. The Morgan fingerprint density at radius 3 is 2.65 bits per heavy atom. The second-order valence-corrected chi connectivity index (χ2v) is 9.54. The number of nitrogens with two attached hydrogens (primary N) is 1. The van der Waals surface area contributed by atoms with E-state index in [9.17, 15) is 29.4 Å². The van der Waals surface area contributed by atoms with Gasteiger partial charge in [0.1, 0.15) is 17.1 Å². The third-order valence-corrected chi connectivity index (χ3v) is 6.64. The molecule has 1 saturated heterocycles. The van der Waals surface area contributed by atoms with Crippen LogP contribution in [0, 0.1) is 0 Å². The highest BCUT2D eigenvalue weighted by atomic mass is 32.2. The van der Waals surface area contributed by atoms with Crippen LogP contribution in [0.5, 0.6) is 0 Å². The van der Waals surface area contributed by atoms with Crippen LogP contribution in [0.4, 0.5) is 5.13 Å². The summed E-state index contributed by atoms with van der Waals surface area (Å²) < 4.78 is 3.90. The van der Waals surface area contributed by atoms with Gasteiger partial charge >= 0.3 is 11.9 Å². The maximum atomic E-state index is 13.0. The van der Waals surface area contributed by atoms with Crippen molar-refractivity contribution in [2.75, 3.05) is 11.5 Å². The lowest BCUT2D eigenvalue weighted by molar-refractivity contribution is -0.161. The van der Waals surface area contributed by atoms with E-state index in [2.05, 4.69) is 19.8 Å². The zero-order chi connectivity index (χ0) is 25.2. The third kappa shape index (κ3) is 4.89. The number of rotatable bonds is 9. The molecule has 0 aromatic carbocycles. The smallest absolute Gasteiger partial charge is 0.352 e. The van der Waals surface area contributed by atoms with Crippen molar-refractivity contribution >= 4 is 57.9 Å². The van der Waals surface area contributed by atoms with Gasteiger partial charge in [0.25, 0.3) is 11.8 Å². The Kier molecular flexibility index (Phi) is 7.26. The molecule has 2 aliphatic rings. The average Bonchev–Trinajstić information content (AvgIpc) is 3.20. The van der Waals surface area contributed by atoms with Crippen LogP contribution in [0.1, 0.15) is 33.0 Å². The first kappa shape index (κ1) is 25.2. The molecule has 0 unspecified atom stereocenters.